The molecule has 0 heterocycles. The third kappa shape index (κ3) is 7.51. The van der Waals surface area contributed by atoms with Crippen molar-refractivity contribution in [1.29, 1.82) is 0 Å². The van der Waals surface area contributed by atoms with Crippen molar-refractivity contribution in [1.82, 2.24) is 0 Å². The van der Waals surface area contributed by atoms with Crippen molar-refractivity contribution in [3.05, 3.63) is 35.4 Å². The van der Waals surface area contributed by atoms with Gasteiger partial charge in [0.05, 0.1) is 11.1 Å². The molecule has 1 radical (unpaired) electrons. The van der Waals surface area contributed by atoms with Crippen LogP contribution in [0, 0.1) is 0 Å². The van der Waals surface area contributed by atoms with Gasteiger partial charge in [-0.05, 0) is 12.1 Å². The van der Waals surface area contributed by atoms with E-state index in [9.17, 15) is 9.59 Å². The van der Waals surface area contributed by atoms with E-state index in [0.29, 0.717) is 0 Å². The Kier molecular flexibility index (Phi) is 9.26. The molecule has 0 aliphatic heterocycles. The molecule has 7 heteroatoms. The van der Waals surface area contributed by atoms with Crippen molar-refractivity contribution in [2.45, 2.75) is 6.92 Å². The number of rotatable bonds is 2. The van der Waals surface area contributed by atoms with Gasteiger partial charge in [0.2, 0.25) is 0 Å². The summed E-state index contributed by atoms with van der Waals surface area (Å²) in [5.74, 6) is -3.29. The average Bonchev–Trinajstić information content (AvgIpc) is 2.16. The van der Waals surface area contributed by atoms with E-state index < -0.39 is 17.9 Å². The summed E-state index contributed by atoms with van der Waals surface area (Å²) in [7, 11) is 0. The van der Waals surface area contributed by atoms with Crippen LogP contribution in [0.5, 0.6) is 0 Å². The van der Waals surface area contributed by atoms with Crippen LogP contribution < -0.4 is 0 Å². The van der Waals surface area contributed by atoms with E-state index in [4.69, 9.17) is 20.1 Å². The molecule has 1 aromatic carbocycles. The number of hydrogen-bond acceptors (Lipinski definition) is 3. The molecule has 0 bridgehead atoms. The summed E-state index contributed by atoms with van der Waals surface area (Å²) >= 11 is 0. The summed E-state index contributed by atoms with van der Waals surface area (Å²) in [6, 6.07) is 5.48. The van der Waals surface area contributed by atoms with Gasteiger partial charge in [0.15, 0.2) is 0 Å². The topological polar surface area (TPSA) is 112 Å². The zero-order valence-corrected chi connectivity index (χ0v) is 11.4. The quantitative estimate of drug-likeness (QED) is 0.668. The molecule has 17 heavy (non-hydrogen) atoms. The van der Waals surface area contributed by atoms with Crippen molar-refractivity contribution in [3.8, 4) is 0 Å². The van der Waals surface area contributed by atoms with Gasteiger partial charge in [0, 0.05) is 36.5 Å². The van der Waals surface area contributed by atoms with E-state index in [1.807, 2.05) is 0 Å². The molecule has 0 saturated heterocycles. The van der Waals surface area contributed by atoms with Crippen LogP contribution in [0.25, 0.3) is 0 Å². The largest absolute Gasteiger partial charge is 0.481 e. The Morgan fingerprint density at radius 3 is 1.29 bits per heavy atom. The van der Waals surface area contributed by atoms with Crippen LogP contribution >= 0.6 is 0 Å². The normalized spacial score (nSPS) is 8.06. The Bertz CT molecular complexity index is 378. The van der Waals surface area contributed by atoms with Crippen LogP contribution in [0.2, 0.25) is 0 Å². The fourth-order valence-electron chi connectivity index (χ4n) is 0.856. The number of carbonyl (C=O) groups is 3. The number of aliphatic carboxylic acids is 1. The number of carboxylic acid groups (broad SMARTS) is 3. The maximum atomic E-state index is 10.5. The molecular weight excluding hydrogens is 239 g/mol. The first-order valence-electron chi connectivity index (χ1n) is 4.11. The number of aromatic carboxylic acids is 2. The minimum atomic E-state index is -1.23. The van der Waals surface area contributed by atoms with Gasteiger partial charge in [-0.15, -0.1) is 0 Å². The fraction of sp³-hybridized carbons (Fsp3) is 0.100. The van der Waals surface area contributed by atoms with Crippen molar-refractivity contribution >= 4 is 47.5 Å². The predicted molar refractivity (Wildman–Crippen MR) is 59.4 cm³/mol. The van der Waals surface area contributed by atoms with Crippen molar-refractivity contribution < 1.29 is 29.7 Å². The van der Waals surface area contributed by atoms with Crippen LogP contribution in [-0.4, -0.2) is 62.8 Å². The molecule has 0 aliphatic carbocycles. The number of benzene rings is 1. The van der Waals surface area contributed by atoms with Gasteiger partial charge in [0.25, 0.3) is 5.97 Å². The zero-order valence-electron chi connectivity index (χ0n) is 9.38. The Labute approximate surface area is 119 Å². The van der Waals surface area contributed by atoms with Crippen LogP contribution in [0.3, 0.4) is 0 Å². The van der Waals surface area contributed by atoms with Crippen molar-refractivity contribution in [2.75, 3.05) is 0 Å². The third-order valence-corrected chi connectivity index (χ3v) is 1.39. The van der Waals surface area contributed by atoms with Crippen molar-refractivity contribution in [3.63, 3.8) is 0 Å². The van der Waals surface area contributed by atoms with Gasteiger partial charge >= 0.3 is 11.9 Å². The molecule has 0 unspecified atom stereocenters. The fourth-order valence-corrected chi connectivity index (χ4v) is 0.856. The standard InChI is InChI=1S/C8H6O4.C2H4O2.Na/c9-7(10)5-3-1-2-4-6(5)8(11)12;1-2(3)4;/h1-4H,(H,9,10)(H,11,12);1H3,(H,3,4);. The minimum absolute atomic E-state index is 0. The molecule has 0 saturated carbocycles. The van der Waals surface area contributed by atoms with E-state index in [1.54, 1.807) is 0 Å². The molecule has 6 nitrogen and oxygen atoms in total. The predicted octanol–water partition coefficient (Wildman–Crippen LogP) is 0.793. The van der Waals surface area contributed by atoms with E-state index in [0.717, 1.165) is 6.92 Å². The molecule has 3 N–H and O–H groups in total. The molecule has 0 aliphatic rings. The van der Waals surface area contributed by atoms with Crippen LogP contribution in [-0.2, 0) is 4.79 Å². The van der Waals surface area contributed by atoms with Gasteiger partial charge in [0.1, 0.15) is 0 Å². The second kappa shape index (κ2) is 8.74. The van der Waals surface area contributed by atoms with Crippen molar-refractivity contribution in [2.24, 2.45) is 0 Å². The second-order valence-electron chi connectivity index (χ2n) is 2.67. The molecule has 1 aromatic rings. The summed E-state index contributed by atoms with van der Waals surface area (Å²) < 4.78 is 0. The van der Waals surface area contributed by atoms with Crippen LogP contribution in [0.15, 0.2) is 24.3 Å². The van der Waals surface area contributed by atoms with Gasteiger partial charge in [-0.2, -0.15) is 0 Å². The summed E-state index contributed by atoms with van der Waals surface area (Å²) in [4.78, 5) is 29.9. The van der Waals surface area contributed by atoms with Crippen LogP contribution in [0.1, 0.15) is 27.6 Å². The first-order chi connectivity index (χ1) is 7.36. The van der Waals surface area contributed by atoms with Gasteiger partial charge in [-0.1, -0.05) is 12.1 Å². The minimum Gasteiger partial charge on any atom is -0.481 e. The molecule has 1 rings (SSSR count). The molecule has 87 valence electrons. The van der Waals surface area contributed by atoms with E-state index >= 15 is 0 Å². The molecule has 0 aromatic heterocycles. The van der Waals surface area contributed by atoms with Gasteiger partial charge in [-0.3, -0.25) is 4.79 Å². The molecular formula is C10H10NaO6. The van der Waals surface area contributed by atoms with Gasteiger partial charge < -0.3 is 15.3 Å². The van der Waals surface area contributed by atoms with E-state index in [-0.39, 0.29) is 40.7 Å². The average molecular weight is 249 g/mol. The Morgan fingerprint density at radius 2 is 1.12 bits per heavy atom. The Balaban J connectivity index is 0. The SMILES string of the molecule is CC(=O)O.O=C(O)c1ccccc1C(=O)O.[Na]. The van der Waals surface area contributed by atoms with Gasteiger partial charge in [-0.25, -0.2) is 9.59 Å². The first kappa shape index (κ1) is 18.0. The summed E-state index contributed by atoms with van der Waals surface area (Å²) in [6.07, 6.45) is 0. The molecule has 0 amide bonds. The third-order valence-electron chi connectivity index (χ3n) is 1.39. The first-order valence-corrected chi connectivity index (χ1v) is 4.11. The molecule has 0 spiro atoms. The summed E-state index contributed by atoms with van der Waals surface area (Å²) in [6.45, 7) is 1.08. The maximum Gasteiger partial charge on any atom is 0.336 e. The smallest absolute Gasteiger partial charge is 0.336 e. The summed E-state index contributed by atoms with van der Waals surface area (Å²) in [5, 5.41) is 24.5. The maximum absolute atomic E-state index is 10.5. The Hall–Kier alpha value is -1.37. The molecule has 0 atom stereocenters. The summed E-state index contributed by atoms with van der Waals surface area (Å²) in [5.41, 5.74) is -0.380. The van der Waals surface area contributed by atoms with E-state index in [2.05, 4.69) is 0 Å². The zero-order chi connectivity index (χ0) is 12.7. The van der Waals surface area contributed by atoms with Crippen LogP contribution in [0.4, 0.5) is 0 Å². The Morgan fingerprint density at radius 1 is 0.882 bits per heavy atom. The number of hydrogen-bond donors (Lipinski definition) is 3. The second-order valence-corrected chi connectivity index (χ2v) is 2.67. The van der Waals surface area contributed by atoms with E-state index in [1.165, 1.54) is 24.3 Å². The molecule has 0 fully saturated rings. The monoisotopic (exact) mass is 249 g/mol. The number of carboxylic acids is 3.